The fraction of sp³-hybridized carbons (Fsp3) is 0.588. The smallest absolute Gasteiger partial charge is 0.233 e. The van der Waals surface area contributed by atoms with E-state index in [4.69, 9.17) is 4.74 Å². The number of ether oxygens (including phenoxy) is 1. The van der Waals surface area contributed by atoms with Crippen LogP contribution >= 0.6 is 12.4 Å². The van der Waals surface area contributed by atoms with Crippen molar-refractivity contribution in [2.45, 2.75) is 24.7 Å². The van der Waals surface area contributed by atoms with Crippen molar-refractivity contribution in [1.29, 1.82) is 0 Å². The third-order valence-corrected chi connectivity index (χ3v) is 4.76. The number of carbonyl (C=O) groups excluding carboxylic acids is 1. The van der Waals surface area contributed by atoms with E-state index in [0.29, 0.717) is 26.1 Å². The maximum absolute atomic E-state index is 13.7. The molecule has 0 aliphatic carbocycles. The van der Waals surface area contributed by atoms with Gasteiger partial charge in [-0.25, -0.2) is 4.39 Å². The summed E-state index contributed by atoms with van der Waals surface area (Å²) in [4.78, 5) is 15.2. The number of halogens is 2. The van der Waals surface area contributed by atoms with Gasteiger partial charge >= 0.3 is 0 Å². The summed E-state index contributed by atoms with van der Waals surface area (Å²) in [6, 6.07) is 6.51. The van der Waals surface area contributed by atoms with Crippen LogP contribution in [-0.4, -0.2) is 50.2 Å². The lowest BCUT2D eigenvalue weighted by molar-refractivity contribution is -0.141. The predicted octanol–water partition coefficient (Wildman–Crippen LogP) is 2.12. The normalized spacial score (nSPS) is 21.2. The Morgan fingerprint density at radius 1 is 1.22 bits per heavy atom. The van der Waals surface area contributed by atoms with Gasteiger partial charge in [0.15, 0.2) is 0 Å². The van der Waals surface area contributed by atoms with Gasteiger partial charge in [-0.3, -0.25) is 4.79 Å². The molecule has 0 spiro atoms. The van der Waals surface area contributed by atoms with Crippen molar-refractivity contribution in [3.05, 3.63) is 35.6 Å². The highest BCUT2D eigenvalue weighted by Gasteiger charge is 2.44. The highest BCUT2D eigenvalue weighted by atomic mass is 35.5. The van der Waals surface area contributed by atoms with Gasteiger partial charge in [0.2, 0.25) is 5.91 Å². The van der Waals surface area contributed by atoms with Gasteiger partial charge in [-0.15, -0.1) is 12.4 Å². The summed E-state index contributed by atoms with van der Waals surface area (Å²) in [6.07, 6.45) is 2.21. The van der Waals surface area contributed by atoms with E-state index in [9.17, 15) is 9.18 Å². The summed E-state index contributed by atoms with van der Waals surface area (Å²) in [6.45, 7) is 4.35. The van der Waals surface area contributed by atoms with Crippen LogP contribution in [0.1, 0.15) is 24.8 Å². The van der Waals surface area contributed by atoms with Gasteiger partial charge in [0.1, 0.15) is 5.82 Å². The van der Waals surface area contributed by atoms with Gasteiger partial charge in [-0.05, 0) is 43.5 Å². The van der Waals surface area contributed by atoms with Crippen LogP contribution in [0.15, 0.2) is 24.3 Å². The number of carbonyl (C=O) groups is 1. The molecule has 2 heterocycles. The summed E-state index contributed by atoms with van der Waals surface area (Å²) in [7, 11) is 0. The Kier molecular flexibility index (Phi) is 6.39. The molecule has 2 aliphatic heterocycles. The minimum atomic E-state index is -0.634. The first-order chi connectivity index (χ1) is 10.7. The molecule has 0 unspecified atom stereocenters. The highest BCUT2D eigenvalue weighted by Crippen LogP contribution is 2.37. The zero-order valence-corrected chi connectivity index (χ0v) is 14.0. The molecule has 2 aliphatic rings. The first-order valence-electron chi connectivity index (χ1n) is 8.06. The van der Waals surface area contributed by atoms with Crippen LogP contribution in [-0.2, 0) is 14.9 Å². The van der Waals surface area contributed by atoms with E-state index in [1.807, 2.05) is 11.0 Å². The second-order valence-corrected chi connectivity index (χ2v) is 6.10. The number of hydrogen-bond acceptors (Lipinski definition) is 3. The van der Waals surface area contributed by atoms with Crippen LogP contribution in [0.3, 0.4) is 0 Å². The lowest BCUT2D eigenvalue weighted by Crippen LogP contribution is -2.50. The summed E-state index contributed by atoms with van der Waals surface area (Å²) in [5, 5.41) is 3.32. The molecule has 4 nitrogen and oxygen atoms in total. The number of nitrogens with one attached hydrogen (secondary N) is 1. The molecule has 1 amide bonds. The van der Waals surface area contributed by atoms with E-state index in [0.717, 1.165) is 38.2 Å². The van der Waals surface area contributed by atoms with Gasteiger partial charge < -0.3 is 15.0 Å². The zero-order chi connectivity index (χ0) is 15.4. The average Bonchev–Trinajstić information content (AvgIpc) is 2.84. The molecule has 0 atom stereocenters. The molecule has 0 aromatic heterocycles. The van der Waals surface area contributed by atoms with Crippen molar-refractivity contribution in [1.82, 2.24) is 10.2 Å². The monoisotopic (exact) mass is 342 g/mol. The van der Waals surface area contributed by atoms with Gasteiger partial charge in [-0.2, -0.15) is 0 Å². The highest BCUT2D eigenvalue weighted by molar-refractivity contribution is 5.88. The maximum Gasteiger partial charge on any atom is 0.233 e. The summed E-state index contributed by atoms with van der Waals surface area (Å²) >= 11 is 0. The number of benzene rings is 1. The molecule has 2 saturated heterocycles. The van der Waals surface area contributed by atoms with E-state index in [-0.39, 0.29) is 24.1 Å². The van der Waals surface area contributed by atoms with Crippen molar-refractivity contribution in [3.8, 4) is 0 Å². The van der Waals surface area contributed by atoms with Crippen molar-refractivity contribution in [2.24, 2.45) is 0 Å². The molecule has 2 fully saturated rings. The lowest BCUT2D eigenvalue weighted by Gasteiger charge is -2.40. The lowest BCUT2D eigenvalue weighted by atomic mass is 9.73. The summed E-state index contributed by atoms with van der Waals surface area (Å²) in [5.74, 6) is -0.154. The van der Waals surface area contributed by atoms with Crippen molar-refractivity contribution >= 4 is 18.3 Å². The molecule has 1 N–H and O–H groups in total. The summed E-state index contributed by atoms with van der Waals surface area (Å²) < 4.78 is 19.2. The fourth-order valence-electron chi connectivity index (χ4n) is 3.48. The molecule has 6 heteroatoms. The van der Waals surface area contributed by atoms with Crippen molar-refractivity contribution in [2.75, 3.05) is 39.4 Å². The zero-order valence-electron chi connectivity index (χ0n) is 13.2. The Morgan fingerprint density at radius 2 is 2.00 bits per heavy atom. The maximum atomic E-state index is 13.7. The van der Waals surface area contributed by atoms with Crippen molar-refractivity contribution < 1.29 is 13.9 Å². The van der Waals surface area contributed by atoms with E-state index >= 15 is 0 Å². The molecule has 128 valence electrons. The van der Waals surface area contributed by atoms with Crippen LogP contribution in [0.2, 0.25) is 0 Å². The van der Waals surface area contributed by atoms with Gasteiger partial charge in [0, 0.05) is 32.8 Å². The van der Waals surface area contributed by atoms with E-state index in [2.05, 4.69) is 5.32 Å². The minimum Gasteiger partial charge on any atom is -0.381 e. The van der Waals surface area contributed by atoms with Crippen LogP contribution in [0, 0.1) is 5.82 Å². The summed E-state index contributed by atoms with van der Waals surface area (Å²) in [5.41, 5.74) is 0.156. The number of nitrogens with zero attached hydrogens (tertiary/aromatic N) is 1. The molecule has 0 saturated carbocycles. The van der Waals surface area contributed by atoms with Crippen LogP contribution < -0.4 is 5.32 Å². The number of hydrogen-bond donors (Lipinski definition) is 1. The van der Waals surface area contributed by atoms with Crippen LogP contribution in [0.4, 0.5) is 4.39 Å². The second-order valence-electron chi connectivity index (χ2n) is 6.10. The molecule has 3 rings (SSSR count). The predicted molar refractivity (Wildman–Crippen MR) is 89.4 cm³/mol. The third kappa shape index (κ3) is 3.84. The molecule has 1 aromatic rings. The molecule has 0 radical (unpaired) electrons. The second kappa shape index (κ2) is 8.08. The SMILES string of the molecule is Cl.O=C(N1CCCNCC1)C1(c2cccc(F)c2)CCOCC1. The van der Waals surface area contributed by atoms with Gasteiger partial charge in [0.25, 0.3) is 0 Å². The molecular weight excluding hydrogens is 319 g/mol. The Balaban J connectivity index is 0.00000192. The largest absolute Gasteiger partial charge is 0.381 e. The Hall–Kier alpha value is -1.17. The standard InChI is InChI=1S/C17H23FN2O2.ClH/c18-15-4-1-3-14(13-15)17(5-11-22-12-6-17)16(21)20-9-2-7-19-8-10-20;/h1,3-4,13,19H,2,5-12H2;1H. The fourth-order valence-corrected chi connectivity index (χ4v) is 3.48. The number of rotatable bonds is 2. The minimum absolute atomic E-state index is 0. The van der Waals surface area contributed by atoms with Crippen LogP contribution in [0.5, 0.6) is 0 Å². The first kappa shape index (κ1) is 18.2. The van der Waals surface area contributed by atoms with E-state index < -0.39 is 5.41 Å². The van der Waals surface area contributed by atoms with Crippen molar-refractivity contribution in [3.63, 3.8) is 0 Å². The molecular formula is C17H24ClFN2O2. The Morgan fingerprint density at radius 3 is 2.74 bits per heavy atom. The first-order valence-corrected chi connectivity index (χ1v) is 8.06. The van der Waals surface area contributed by atoms with E-state index in [1.54, 1.807) is 6.07 Å². The quantitative estimate of drug-likeness (QED) is 0.895. The Bertz CT molecular complexity index is 527. The molecule has 1 aromatic carbocycles. The molecule has 23 heavy (non-hydrogen) atoms. The van der Waals surface area contributed by atoms with E-state index in [1.165, 1.54) is 12.1 Å². The van der Waals surface area contributed by atoms with Gasteiger partial charge in [0.05, 0.1) is 5.41 Å². The average molecular weight is 343 g/mol. The van der Waals surface area contributed by atoms with Gasteiger partial charge in [-0.1, -0.05) is 12.1 Å². The Labute approximate surface area is 142 Å². The third-order valence-electron chi connectivity index (χ3n) is 4.76. The number of amides is 1. The molecule has 0 bridgehead atoms. The topological polar surface area (TPSA) is 41.6 Å². The van der Waals surface area contributed by atoms with Crippen LogP contribution in [0.25, 0.3) is 0 Å².